The van der Waals surface area contributed by atoms with Crippen LogP contribution in [0.1, 0.15) is 39.3 Å². The molecule has 0 radical (unpaired) electrons. The third-order valence-electron chi connectivity index (χ3n) is 22.8. The van der Waals surface area contributed by atoms with Gasteiger partial charge >= 0.3 is 0 Å². The number of nitriles is 7. The minimum absolute atomic E-state index is 0.326. The SMILES string of the molecule is N#Cc1cccc(-c2cccc(-c3nc(-c4cccc(-c5cccc(C#N)n5)c4)nc(-c4cccc(-c5cccc(C#N)n5)c4)n3)c2)n1.[C-]#[N+]c1ccc(-c2cccc(-c3nc(-c4cccc(-c5ccc(C#N)cn5)c4)nc(-c4cccc(-c5ccc(C#N)cn5)c4)n3)c2)nc1.[C-]#[N+]c1ccncc1-c1cccc(-c2nc(-c3cccc(-c4cnccc4C#N)c3)nc(-c3cccc(-c4cnccc4C#N)c3)n2)c1. The van der Waals surface area contributed by atoms with Gasteiger partial charge in [0.05, 0.1) is 81.7 Å². The Labute approximate surface area is 824 Å². The highest BCUT2D eigenvalue weighted by atomic mass is 15.1. The zero-order valence-corrected chi connectivity index (χ0v) is 75.4. The average molecular weight is 1850 g/mol. The Morgan fingerprint density at radius 3 is 0.701 bits per heavy atom. The van der Waals surface area contributed by atoms with E-state index in [0.717, 1.165) is 117 Å². The molecule has 27 nitrogen and oxygen atoms in total. The maximum atomic E-state index is 9.71. The van der Waals surface area contributed by atoms with Crippen molar-refractivity contribution in [1.82, 2.24) is 89.7 Å². The van der Waals surface area contributed by atoms with Crippen LogP contribution >= 0.6 is 0 Å². The Morgan fingerprint density at radius 1 is 0.194 bits per heavy atom. The largest absolute Gasteiger partial charge is 0.268 e. The Kier molecular flexibility index (Phi) is 26.6. The second-order valence-electron chi connectivity index (χ2n) is 31.9. The van der Waals surface area contributed by atoms with Gasteiger partial charge in [-0.3, -0.25) is 29.9 Å². The molecule has 0 atom stereocenters. The van der Waals surface area contributed by atoms with Crippen LogP contribution in [0.5, 0.6) is 0 Å². The van der Waals surface area contributed by atoms with E-state index in [9.17, 15) is 36.8 Å². The van der Waals surface area contributed by atoms with Crippen LogP contribution in [0, 0.1) is 92.5 Å². The van der Waals surface area contributed by atoms with Gasteiger partial charge in [0.25, 0.3) is 0 Å². The molecular formula is C117H63N27. The lowest BCUT2D eigenvalue weighted by atomic mass is 10.00. The summed E-state index contributed by atoms with van der Waals surface area (Å²) in [6.07, 6.45) is 14.5. The van der Waals surface area contributed by atoms with Crippen molar-refractivity contribution in [2.75, 3.05) is 0 Å². The number of benzene rings is 9. The van der Waals surface area contributed by atoms with Gasteiger partial charge in [-0.25, -0.2) is 69.5 Å². The molecule has 0 aliphatic rings. The quantitative estimate of drug-likeness (QED) is 0.0720. The second kappa shape index (κ2) is 42.1. The molecule has 21 aromatic rings. The van der Waals surface area contributed by atoms with Crippen molar-refractivity contribution in [2.24, 2.45) is 0 Å². The number of rotatable bonds is 18. The number of pyridine rings is 9. The van der Waals surface area contributed by atoms with Gasteiger partial charge in [0.1, 0.15) is 47.4 Å². The Bertz CT molecular complexity index is 8140. The minimum Gasteiger partial charge on any atom is -0.268 e. The lowest BCUT2D eigenvalue weighted by Gasteiger charge is -2.12. The third-order valence-corrected chi connectivity index (χ3v) is 22.8. The van der Waals surface area contributed by atoms with Crippen LogP contribution in [0.2, 0.25) is 0 Å². The average Bonchev–Trinajstić information content (AvgIpc) is 0.786. The molecule has 666 valence electrons. The first-order valence-electron chi connectivity index (χ1n) is 44.3. The van der Waals surface area contributed by atoms with E-state index in [2.05, 4.69) is 97.0 Å². The van der Waals surface area contributed by atoms with Crippen LogP contribution in [0.4, 0.5) is 11.4 Å². The lowest BCUT2D eigenvalue weighted by Crippen LogP contribution is -2.01. The van der Waals surface area contributed by atoms with Gasteiger partial charge in [-0.05, 0) is 156 Å². The molecule has 0 fully saturated rings. The maximum absolute atomic E-state index is 9.71. The van der Waals surface area contributed by atoms with Crippen molar-refractivity contribution in [1.29, 1.82) is 36.8 Å². The van der Waals surface area contributed by atoms with Gasteiger partial charge in [0, 0.05) is 156 Å². The van der Waals surface area contributed by atoms with Gasteiger partial charge in [-0.1, -0.05) is 188 Å². The van der Waals surface area contributed by atoms with Gasteiger partial charge in [0.2, 0.25) is 5.69 Å². The number of hydrogen-bond acceptors (Lipinski definition) is 25. The molecular weight excluding hydrogens is 1780 g/mol. The molecule has 9 aromatic carbocycles. The highest BCUT2D eigenvalue weighted by Crippen LogP contribution is 2.39. The van der Waals surface area contributed by atoms with Crippen LogP contribution in [-0.2, 0) is 0 Å². The first-order chi connectivity index (χ1) is 70.8. The Balaban J connectivity index is 0.000000137. The molecule has 0 N–H and O–H groups in total. The Hall–Kier alpha value is -22.2. The van der Waals surface area contributed by atoms with Crippen molar-refractivity contribution < 1.29 is 0 Å². The highest BCUT2D eigenvalue weighted by molar-refractivity contribution is 5.84. The first kappa shape index (κ1) is 90.9. The van der Waals surface area contributed by atoms with Crippen LogP contribution in [0.15, 0.2) is 383 Å². The van der Waals surface area contributed by atoms with E-state index in [4.69, 9.17) is 58.0 Å². The molecule has 0 spiro atoms. The molecule has 0 aliphatic heterocycles. The number of aromatic nitrogens is 18. The normalized spacial score (nSPS) is 10.4. The molecule has 0 saturated carbocycles. The van der Waals surface area contributed by atoms with E-state index in [1.807, 2.05) is 255 Å². The smallest absolute Gasteiger partial charge is 0.205 e. The molecule has 0 aliphatic carbocycles. The maximum Gasteiger partial charge on any atom is 0.205 e. The summed E-state index contributed by atoms with van der Waals surface area (Å²) in [6.45, 7) is 14.9. The fraction of sp³-hybridized carbons (Fsp3) is 0. The topological polar surface area (TPSA) is 407 Å². The molecule has 12 aromatic heterocycles. The van der Waals surface area contributed by atoms with Crippen molar-refractivity contribution in [3.8, 4) is 246 Å². The van der Waals surface area contributed by atoms with Crippen molar-refractivity contribution in [3.63, 3.8) is 0 Å². The van der Waals surface area contributed by atoms with E-state index in [1.54, 1.807) is 129 Å². The fourth-order valence-corrected chi connectivity index (χ4v) is 15.7. The molecule has 27 heteroatoms. The van der Waals surface area contributed by atoms with Crippen molar-refractivity contribution >= 4 is 11.4 Å². The predicted molar refractivity (Wildman–Crippen MR) is 543 cm³/mol. The summed E-state index contributed by atoms with van der Waals surface area (Å²) in [7, 11) is 0. The van der Waals surface area contributed by atoms with Crippen molar-refractivity contribution in [2.45, 2.75) is 0 Å². The standard InChI is InChI=1S/3C39H21N9/c40-22-31-13-4-16-34(43-31)25-7-1-10-28(19-25)37-46-38(29-11-2-8-26(20-29)35-17-5-14-32(23-41)44-35)48-39(47-37)30-12-3-9-27(21-30)36-18-6-15-33(24-42)45-36;1-42-33-13-16-36(45-24-33)29-7-4-10-32(19-29)39-47-37(30-8-2-5-27(17-30)34-14-11-25(20-40)22-43-34)46-38(48-39)31-9-3-6-28(18-31)35-15-12-26(21-41)23-44-35;1-42-36-13-16-45-24-35(36)27-7-4-10-30(19-27)39-47-37(28-8-2-5-25(17-28)33-22-43-14-11-31(33)20-40)46-38(48-39)29-9-3-6-26(18-29)34-23-44-15-12-32(34)21-41/h1-21H;2*2-19,22-24H. The van der Waals surface area contributed by atoms with Gasteiger partial charge < -0.3 is 0 Å². The third kappa shape index (κ3) is 20.5. The summed E-state index contributed by atoms with van der Waals surface area (Å²) in [5, 5.41) is 66.0. The predicted octanol–water partition coefficient (Wildman–Crippen LogP) is 24.4. The second-order valence-corrected chi connectivity index (χ2v) is 31.9. The van der Waals surface area contributed by atoms with E-state index >= 15 is 0 Å². The molecule has 144 heavy (non-hydrogen) atoms. The summed E-state index contributed by atoms with van der Waals surface area (Å²) >= 11 is 0. The highest BCUT2D eigenvalue weighted by Gasteiger charge is 2.23. The summed E-state index contributed by atoms with van der Waals surface area (Å²) in [4.78, 5) is 90.9. The Morgan fingerprint density at radius 2 is 0.444 bits per heavy atom. The van der Waals surface area contributed by atoms with E-state index in [0.29, 0.717) is 137 Å². The monoisotopic (exact) mass is 1850 g/mol. The number of nitrogens with zero attached hydrogens (tertiary/aromatic N) is 27. The van der Waals surface area contributed by atoms with Crippen LogP contribution in [0.3, 0.4) is 0 Å². The molecule has 12 heterocycles. The summed E-state index contributed by atoms with van der Waals surface area (Å²) < 4.78 is 0. The van der Waals surface area contributed by atoms with E-state index < -0.39 is 0 Å². The summed E-state index contributed by atoms with van der Waals surface area (Å²) in [6, 6.07) is 116. The van der Waals surface area contributed by atoms with Crippen LogP contribution in [-0.4, -0.2) is 89.7 Å². The molecule has 21 rings (SSSR count). The molecule has 0 bridgehead atoms. The van der Waals surface area contributed by atoms with Crippen LogP contribution < -0.4 is 0 Å². The van der Waals surface area contributed by atoms with Gasteiger partial charge in [0.15, 0.2) is 58.1 Å². The zero-order chi connectivity index (χ0) is 98.6. The molecule has 0 unspecified atom stereocenters. The van der Waals surface area contributed by atoms with E-state index in [1.165, 1.54) is 0 Å². The molecule has 0 saturated heterocycles. The summed E-state index contributed by atoms with van der Waals surface area (Å²) in [5.74, 6) is 4.02. The fourth-order valence-electron chi connectivity index (χ4n) is 15.7. The minimum atomic E-state index is 0.326. The van der Waals surface area contributed by atoms with Crippen LogP contribution in [0.25, 0.3) is 213 Å². The lowest BCUT2D eigenvalue weighted by molar-refractivity contribution is 1.07. The van der Waals surface area contributed by atoms with Gasteiger partial charge in [-0.2, -0.15) is 36.8 Å². The zero-order valence-electron chi connectivity index (χ0n) is 75.4. The van der Waals surface area contributed by atoms with Gasteiger partial charge in [-0.15, -0.1) is 0 Å². The summed E-state index contributed by atoms with van der Waals surface area (Å²) in [5.41, 5.74) is 24.2. The number of hydrogen-bond donors (Lipinski definition) is 0. The first-order valence-corrected chi connectivity index (χ1v) is 44.3. The molecule has 0 amide bonds. The van der Waals surface area contributed by atoms with E-state index in [-0.39, 0.29) is 0 Å². The van der Waals surface area contributed by atoms with Crippen molar-refractivity contribution in [3.05, 3.63) is 446 Å².